The molecule has 1 aliphatic rings. The molecule has 1 aliphatic heterocycles. The van der Waals surface area contributed by atoms with Crippen LogP contribution in [0.3, 0.4) is 0 Å². The van der Waals surface area contributed by atoms with Crippen LogP contribution in [0, 0.1) is 13.8 Å². The number of ether oxygens (including phenoxy) is 1. The van der Waals surface area contributed by atoms with Gasteiger partial charge in [-0.2, -0.15) is 5.10 Å². The maximum absolute atomic E-state index is 12.5. The fraction of sp³-hybridized carbons (Fsp3) is 0.778. The minimum Gasteiger partial charge on any atom is -0.385 e. The molecule has 1 N–H and O–H groups in total. The van der Waals surface area contributed by atoms with Gasteiger partial charge in [-0.1, -0.05) is 6.42 Å². The number of rotatable bonds is 8. The molecule has 0 aliphatic carbocycles. The number of nitrogens with zero attached hydrogens (tertiary/aromatic N) is 3. The third-order valence-electron chi connectivity index (χ3n) is 4.86. The van der Waals surface area contributed by atoms with E-state index in [9.17, 15) is 4.79 Å². The number of hydrogen-bond acceptors (Lipinski definition) is 4. The minimum atomic E-state index is -0.102. The van der Waals surface area contributed by atoms with Gasteiger partial charge in [-0.05, 0) is 52.6 Å². The molecule has 1 saturated heterocycles. The van der Waals surface area contributed by atoms with Crippen molar-refractivity contribution in [1.29, 1.82) is 0 Å². The first-order valence-corrected chi connectivity index (χ1v) is 9.06. The van der Waals surface area contributed by atoms with Crippen LogP contribution in [0.25, 0.3) is 0 Å². The first-order valence-electron chi connectivity index (χ1n) is 9.06. The van der Waals surface area contributed by atoms with Crippen molar-refractivity contribution in [3.05, 3.63) is 17.5 Å². The Hall–Kier alpha value is -1.40. The van der Waals surface area contributed by atoms with E-state index in [4.69, 9.17) is 4.74 Å². The zero-order valence-corrected chi connectivity index (χ0v) is 15.5. The number of methoxy groups -OCH3 is 1. The first kappa shape index (κ1) is 18.9. The van der Waals surface area contributed by atoms with Crippen LogP contribution in [0.15, 0.2) is 6.07 Å². The standard InChI is InChI=1S/C18H32N4O2/c1-14-12-15(2)22(20-14)13-17-8-5-6-10-21(17)16(3)18(23)19-9-7-11-24-4/h12,16-17H,5-11,13H2,1-4H3,(H,19,23)/t16-,17-/m1/s1. The highest BCUT2D eigenvalue weighted by molar-refractivity contribution is 5.81. The van der Waals surface area contributed by atoms with E-state index >= 15 is 0 Å². The maximum Gasteiger partial charge on any atom is 0.237 e. The van der Waals surface area contributed by atoms with Crippen molar-refractivity contribution in [2.45, 2.75) is 65.1 Å². The second-order valence-corrected chi connectivity index (χ2v) is 6.81. The normalized spacial score (nSPS) is 20.1. The fourth-order valence-corrected chi connectivity index (χ4v) is 3.51. The van der Waals surface area contributed by atoms with E-state index in [0.717, 1.165) is 38.0 Å². The smallest absolute Gasteiger partial charge is 0.237 e. The van der Waals surface area contributed by atoms with Gasteiger partial charge in [-0.25, -0.2) is 0 Å². The molecule has 2 atom stereocenters. The van der Waals surface area contributed by atoms with Crippen molar-refractivity contribution < 1.29 is 9.53 Å². The van der Waals surface area contributed by atoms with Crippen LogP contribution >= 0.6 is 0 Å². The second-order valence-electron chi connectivity index (χ2n) is 6.81. The highest BCUT2D eigenvalue weighted by Crippen LogP contribution is 2.21. The van der Waals surface area contributed by atoms with Crippen LogP contribution in [-0.4, -0.2) is 59.5 Å². The van der Waals surface area contributed by atoms with Crippen LogP contribution in [0.4, 0.5) is 0 Å². The third-order valence-corrected chi connectivity index (χ3v) is 4.86. The lowest BCUT2D eigenvalue weighted by molar-refractivity contribution is -0.127. The predicted molar refractivity (Wildman–Crippen MR) is 95.0 cm³/mol. The fourth-order valence-electron chi connectivity index (χ4n) is 3.51. The number of nitrogens with one attached hydrogen (secondary N) is 1. The molecule has 24 heavy (non-hydrogen) atoms. The summed E-state index contributed by atoms with van der Waals surface area (Å²) in [5, 5.41) is 7.62. The van der Waals surface area contributed by atoms with E-state index in [0.29, 0.717) is 19.2 Å². The molecule has 1 aromatic rings. The Morgan fingerprint density at radius 3 is 2.92 bits per heavy atom. The summed E-state index contributed by atoms with van der Waals surface area (Å²) in [4.78, 5) is 14.8. The molecule has 0 radical (unpaired) electrons. The average molecular weight is 336 g/mol. The number of carbonyl (C=O) groups is 1. The van der Waals surface area contributed by atoms with Crippen molar-refractivity contribution in [2.24, 2.45) is 0 Å². The van der Waals surface area contributed by atoms with Crippen LogP contribution in [0.5, 0.6) is 0 Å². The predicted octanol–water partition coefficient (Wildman–Crippen LogP) is 1.90. The number of carbonyl (C=O) groups excluding carboxylic acids is 1. The molecule has 0 bridgehead atoms. The number of hydrogen-bond donors (Lipinski definition) is 1. The number of likely N-dealkylation sites (tertiary alicyclic amines) is 1. The Morgan fingerprint density at radius 2 is 2.25 bits per heavy atom. The van der Waals surface area contributed by atoms with E-state index < -0.39 is 0 Å². The van der Waals surface area contributed by atoms with Gasteiger partial charge in [0.25, 0.3) is 0 Å². The van der Waals surface area contributed by atoms with Crippen molar-refractivity contribution in [2.75, 3.05) is 26.8 Å². The Morgan fingerprint density at radius 1 is 1.46 bits per heavy atom. The quantitative estimate of drug-likeness (QED) is 0.737. The van der Waals surface area contributed by atoms with E-state index in [1.54, 1.807) is 7.11 Å². The van der Waals surface area contributed by atoms with E-state index in [-0.39, 0.29) is 11.9 Å². The van der Waals surface area contributed by atoms with Crippen LogP contribution in [-0.2, 0) is 16.1 Å². The van der Waals surface area contributed by atoms with Crippen molar-refractivity contribution in [3.8, 4) is 0 Å². The summed E-state index contributed by atoms with van der Waals surface area (Å²) in [5.74, 6) is 0.117. The van der Waals surface area contributed by atoms with Crippen LogP contribution in [0.1, 0.15) is 44.0 Å². The van der Waals surface area contributed by atoms with Crippen molar-refractivity contribution in [3.63, 3.8) is 0 Å². The summed E-state index contributed by atoms with van der Waals surface area (Å²) in [6.45, 7) is 9.34. The molecule has 1 amide bonds. The van der Waals surface area contributed by atoms with Gasteiger partial charge < -0.3 is 10.1 Å². The molecule has 0 unspecified atom stereocenters. The van der Waals surface area contributed by atoms with Gasteiger partial charge in [0.15, 0.2) is 0 Å². The highest BCUT2D eigenvalue weighted by Gasteiger charge is 2.30. The molecule has 2 heterocycles. The lowest BCUT2D eigenvalue weighted by Crippen LogP contribution is -2.53. The second kappa shape index (κ2) is 9.18. The van der Waals surface area contributed by atoms with Crippen LogP contribution in [0.2, 0.25) is 0 Å². The number of aromatic nitrogens is 2. The van der Waals surface area contributed by atoms with Crippen molar-refractivity contribution in [1.82, 2.24) is 20.0 Å². The van der Waals surface area contributed by atoms with Gasteiger partial charge in [-0.3, -0.25) is 14.4 Å². The van der Waals surface area contributed by atoms with E-state index in [2.05, 4.69) is 33.0 Å². The van der Waals surface area contributed by atoms with Gasteiger partial charge in [0.05, 0.1) is 18.3 Å². The molecule has 6 nitrogen and oxygen atoms in total. The first-order chi connectivity index (χ1) is 11.5. The molecular formula is C18H32N4O2. The summed E-state index contributed by atoms with van der Waals surface area (Å²) in [7, 11) is 1.68. The van der Waals surface area contributed by atoms with Gasteiger partial charge in [0.1, 0.15) is 0 Å². The van der Waals surface area contributed by atoms with E-state index in [1.165, 1.54) is 12.1 Å². The van der Waals surface area contributed by atoms with Crippen LogP contribution < -0.4 is 5.32 Å². The lowest BCUT2D eigenvalue weighted by Gasteiger charge is -2.39. The lowest BCUT2D eigenvalue weighted by atomic mass is 9.99. The molecule has 1 aromatic heterocycles. The summed E-state index contributed by atoms with van der Waals surface area (Å²) in [5.41, 5.74) is 2.24. The molecule has 6 heteroatoms. The minimum absolute atomic E-state index is 0.102. The third kappa shape index (κ3) is 5.05. The molecule has 136 valence electrons. The number of aryl methyl sites for hydroxylation is 2. The van der Waals surface area contributed by atoms with Gasteiger partial charge in [-0.15, -0.1) is 0 Å². The Bertz CT molecular complexity index is 529. The summed E-state index contributed by atoms with van der Waals surface area (Å²) in [6, 6.07) is 2.38. The SMILES string of the molecule is COCCCNC(=O)[C@@H](C)N1CCCC[C@@H]1Cn1nc(C)cc1C. The molecule has 0 aromatic carbocycles. The Labute approximate surface area is 145 Å². The zero-order chi connectivity index (χ0) is 17.5. The topological polar surface area (TPSA) is 59.4 Å². The van der Waals surface area contributed by atoms with Crippen molar-refractivity contribution >= 4 is 5.91 Å². The average Bonchev–Trinajstić information content (AvgIpc) is 2.88. The largest absolute Gasteiger partial charge is 0.385 e. The molecule has 2 rings (SSSR count). The Kier molecular flexibility index (Phi) is 7.24. The monoisotopic (exact) mass is 336 g/mol. The molecule has 0 spiro atoms. The summed E-state index contributed by atoms with van der Waals surface area (Å²) >= 11 is 0. The molecular weight excluding hydrogens is 304 g/mol. The number of amides is 1. The van der Waals surface area contributed by atoms with Gasteiger partial charge in [0.2, 0.25) is 5.91 Å². The molecule has 1 fully saturated rings. The number of piperidine rings is 1. The summed E-state index contributed by atoms with van der Waals surface area (Å²) < 4.78 is 7.11. The van der Waals surface area contributed by atoms with Gasteiger partial charge >= 0.3 is 0 Å². The highest BCUT2D eigenvalue weighted by atomic mass is 16.5. The molecule has 0 saturated carbocycles. The Balaban J connectivity index is 1.94. The zero-order valence-electron chi connectivity index (χ0n) is 15.5. The van der Waals surface area contributed by atoms with E-state index in [1.807, 2.05) is 13.8 Å². The van der Waals surface area contributed by atoms with Gasteiger partial charge in [0, 0.05) is 32.0 Å². The summed E-state index contributed by atoms with van der Waals surface area (Å²) in [6.07, 6.45) is 4.36. The maximum atomic E-state index is 12.5.